The maximum atomic E-state index is 11.7. The highest BCUT2D eigenvalue weighted by Crippen LogP contribution is 2.14. The van der Waals surface area contributed by atoms with E-state index in [0.717, 1.165) is 12.8 Å². The molecule has 4 nitrogen and oxygen atoms in total. The van der Waals surface area contributed by atoms with Crippen molar-refractivity contribution in [2.45, 2.75) is 33.1 Å². The van der Waals surface area contributed by atoms with Gasteiger partial charge in [0.25, 0.3) is 0 Å². The predicted molar refractivity (Wildman–Crippen MR) is 70.7 cm³/mol. The van der Waals surface area contributed by atoms with Gasteiger partial charge in [-0.05, 0) is 24.1 Å². The zero-order valence-corrected chi connectivity index (χ0v) is 10.8. The first kappa shape index (κ1) is 14.2. The van der Waals surface area contributed by atoms with Crippen LogP contribution in [0.3, 0.4) is 0 Å². The van der Waals surface area contributed by atoms with E-state index in [1.807, 2.05) is 6.92 Å². The highest BCUT2D eigenvalue weighted by atomic mass is 16.4. The third-order valence-electron chi connectivity index (χ3n) is 2.71. The highest BCUT2D eigenvalue weighted by Gasteiger charge is 2.09. The molecule has 18 heavy (non-hydrogen) atoms. The summed E-state index contributed by atoms with van der Waals surface area (Å²) in [4.78, 5) is 22.5. The van der Waals surface area contributed by atoms with E-state index in [-0.39, 0.29) is 11.5 Å². The quantitative estimate of drug-likeness (QED) is 0.813. The van der Waals surface area contributed by atoms with E-state index in [1.54, 1.807) is 12.1 Å². The molecule has 1 unspecified atom stereocenters. The van der Waals surface area contributed by atoms with E-state index in [9.17, 15) is 9.59 Å². The Hall–Kier alpha value is -1.84. The van der Waals surface area contributed by atoms with Gasteiger partial charge in [-0.3, -0.25) is 4.79 Å². The minimum absolute atomic E-state index is 0.0708. The lowest BCUT2D eigenvalue weighted by atomic mass is 10.0. The van der Waals surface area contributed by atoms with Crippen molar-refractivity contribution in [2.24, 2.45) is 5.92 Å². The number of nitrogens with one attached hydrogen (secondary N) is 1. The average molecular weight is 249 g/mol. The minimum Gasteiger partial charge on any atom is -0.478 e. The summed E-state index contributed by atoms with van der Waals surface area (Å²) in [6, 6.07) is 6.27. The predicted octanol–water partition coefficient (Wildman–Crippen LogP) is 3.15. The first-order valence-corrected chi connectivity index (χ1v) is 6.16. The molecule has 0 aliphatic rings. The molecule has 1 aromatic rings. The maximum absolute atomic E-state index is 11.7. The molecule has 1 amide bonds. The van der Waals surface area contributed by atoms with Crippen LogP contribution in [0.5, 0.6) is 0 Å². The Morgan fingerprint density at radius 2 is 2.11 bits per heavy atom. The number of amides is 1. The fraction of sp³-hybridized carbons (Fsp3) is 0.429. The summed E-state index contributed by atoms with van der Waals surface area (Å²) in [7, 11) is 0. The number of carboxylic acids is 1. The number of carboxylic acid groups (broad SMARTS) is 1. The SMILES string of the molecule is CCCC(C)CC(=O)Nc1cccc(C(=O)O)c1. The number of hydrogen-bond donors (Lipinski definition) is 2. The molecule has 0 aliphatic carbocycles. The molecule has 0 spiro atoms. The normalized spacial score (nSPS) is 11.9. The van der Waals surface area contributed by atoms with Crippen LogP contribution in [0, 0.1) is 5.92 Å². The molecule has 0 bridgehead atoms. The van der Waals surface area contributed by atoms with Crippen molar-refractivity contribution in [2.75, 3.05) is 5.32 Å². The van der Waals surface area contributed by atoms with Crippen LogP contribution in [0.2, 0.25) is 0 Å². The molecule has 2 N–H and O–H groups in total. The van der Waals surface area contributed by atoms with Gasteiger partial charge in [0.2, 0.25) is 5.91 Å². The summed E-state index contributed by atoms with van der Waals surface area (Å²) in [5, 5.41) is 11.6. The van der Waals surface area contributed by atoms with Gasteiger partial charge in [-0.2, -0.15) is 0 Å². The molecule has 4 heteroatoms. The smallest absolute Gasteiger partial charge is 0.335 e. The Bertz CT molecular complexity index is 429. The van der Waals surface area contributed by atoms with Crippen molar-refractivity contribution in [3.05, 3.63) is 29.8 Å². The molecule has 0 saturated heterocycles. The number of rotatable bonds is 6. The first-order valence-electron chi connectivity index (χ1n) is 6.16. The number of carbonyl (C=O) groups excluding carboxylic acids is 1. The van der Waals surface area contributed by atoms with Gasteiger partial charge in [-0.25, -0.2) is 4.79 Å². The van der Waals surface area contributed by atoms with E-state index < -0.39 is 5.97 Å². The number of aromatic carboxylic acids is 1. The molecule has 0 heterocycles. The van der Waals surface area contributed by atoms with Crippen molar-refractivity contribution in [3.63, 3.8) is 0 Å². The molecule has 0 radical (unpaired) electrons. The molecule has 1 rings (SSSR count). The van der Waals surface area contributed by atoms with Crippen LogP contribution in [0.25, 0.3) is 0 Å². The van der Waals surface area contributed by atoms with Gasteiger partial charge in [-0.1, -0.05) is 32.8 Å². The molecule has 1 aromatic carbocycles. The molecule has 0 fully saturated rings. The fourth-order valence-corrected chi connectivity index (χ4v) is 1.85. The number of carbonyl (C=O) groups is 2. The second kappa shape index (κ2) is 6.79. The van der Waals surface area contributed by atoms with Crippen molar-refractivity contribution in [3.8, 4) is 0 Å². The standard InChI is InChI=1S/C14H19NO3/c1-3-5-10(2)8-13(16)15-12-7-4-6-11(9-12)14(17)18/h4,6-7,9-10H,3,5,8H2,1-2H3,(H,15,16)(H,17,18). The van der Waals surface area contributed by atoms with Crippen LogP contribution in [0.4, 0.5) is 5.69 Å². The van der Waals surface area contributed by atoms with Gasteiger partial charge in [0.05, 0.1) is 5.56 Å². The van der Waals surface area contributed by atoms with E-state index >= 15 is 0 Å². The van der Waals surface area contributed by atoms with E-state index in [0.29, 0.717) is 18.0 Å². The maximum Gasteiger partial charge on any atom is 0.335 e. The largest absolute Gasteiger partial charge is 0.478 e. The summed E-state index contributed by atoms with van der Waals surface area (Å²) in [6.07, 6.45) is 2.54. The van der Waals surface area contributed by atoms with E-state index in [4.69, 9.17) is 5.11 Å². The second-order valence-corrected chi connectivity index (χ2v) is 4.53. The van der Waals surface area contributed by atoms with Gasteiger partial charge < -0.3 is 10.4 Å². The third kappa shape index (κ3) is 4.57. The third-order valence-corrected chi connectivity index (χ3v) is 2.71. The van der Waals surface area contributed by atoms with Gasteiger partial charge in [-0.15, -0.1) is 0 Å². The zero-order valence-electron chi connectivity index (χ0n) is 10.8. The first-order chi connectivity index (χ1) is 8.52. The Kier molecular flexibility index (Phi) is 5.36. The highest BCUT2D eigenvalue weighted by molar-refractivity contribution is 5.93. The number of anilines is 1. The number of hydrogen-bond acceptors (Lipinski definition) is 2. The van der Waals surface area contributed by atoms with Gasteiger partial charge in [0.15, 0.2) is 0 Å². The summed E-state index contributed by atoms with van der Waals surface area (Å²) in [6.45, 7) is 4.13. The molecule has 98 valence electrons. The van der Waals surface area contributed by atoms with Gasteiger partial charge in [0, 0.05) is 12.1 Å². The van der Waals surface area contributed by atoms with E-state index in [1.165, 1.54) is 12.1 Å². The average Bonchev–Trinajstić information content (AvgIpc) is 2.29. The van der Waals surface area contributed by atoms with Crippen LogP contribution in [-0.2, 0) is 4.79 Å². The Balaban J connectivity index is 2.59. The van der Waals surface area contributed by atoms with Crippen LogP contribution in [-0.4, -0.2) is 17.0 Å². The molecule has 0 saturated carbocycles. The topological polar surface area (TPSA) is 66.4 Å². The Morgan fingerprint density at radius 3 is 2.72 bits per heavy atom. The lowest BCUT2D eigenvalue weighted by molar-refractivity contribution is -0.117. The molecule has 0 aromatic heterocycles. The van der Waals surface area contributed by atoms with Crippen molar-refractivity contribution in [1.82, 2.24) is 0 Å². The molecule has 1 atom stereocenters. The van der Waals surface area contributed by atoms with Crippen LogP contribution >= 0.6 is 0 Å². The monoisotopic (exact) mass is 249 g/mol. The van der Waals surface area contributed by atoms with Crippen LogP contribution in [0.1, 0.15) is 43.5 Å². The molecular formula is C14H19NO3. The van der Waals surface area contributed by atoms with E-state index in [2.05, 4.69) is 12.2 Å². The number of benzene rings is 1. The minimum atomic E-state index is -0.995. The lowest BCUT2D eigenvalue weighted by Crippen LogP contribution is -2.15. The van der Waals surface area contributed by atoms with Crippen molar-refractivity contribution >= 4 is 17.6 Å². The Labute approximate surface area is 107 Å². The van der Waals surface area contributed by atoms with Crippen molar-refractivity contribution in [1.29, 1.82) is 0 Å². The molecular weight excluding hydrogens is 230 g/mol. The van der Waals surface area contributed by atoms with Crippen molar-refractivity contribution < 1.29 is 14.7 Å². The lowest BCUT2D eigenvalue weighted by Gasteiger charge is -2.10. The summed E-state index contributed by atoms with van der Waals surface area (Å²) in [5.41, 5.74) is 0.706. The fourth-order valence-electron chi connectivity index (χ4n) is 1.85. The zero-order chi connectivity index (χ0) is 13.5. The second-order valence-electron chi connectivity index (χ2n) is 4.53. The van der Waals surface area contributed by atoms with Gasteiger partial charge >= 0.3 is 5.97 Å². The Morgan fingerprint density at radius 1 is 1.39 bits per heavy atom. The summed E-state index contributed by atoms with van der Waals surface area (Å²) < 4.78 is 0. The molecule has 0 aliphatic heterocycles. The summed E-state index contributed by atoms with van der Waals surface area (Å²) >= 11 is 0. The van der Waals surface area contributed by atoms with Crippen LogP contribution in [0.15, 0.2) is 24.3 Å². The summed E-state index contributed by atoms with van der Waals surface area (Å²) in [5.74, 6) is -0.721. The van der Waals surface area contributed by atoms with Crippen LogP contribution < -0.4 is 5.32 Å². The van der Waals surface area contributed by atoms with Gasteiger partial charge in [0.1, 0.15) is 0 Å².